The van der Waals surface area contributed by atoms with Gasteiger partial charge in [-0.05, 0) is 13.3 Å². The Kier molecular flexibility index (Phi) is 8.30. The Balaban J connectivity index is 2.24. The summed E-state index contributed by atoms with van der Waals surface area (Å²) >= 11 is 0. The molecule has 0 saturated heterocycles. The third-order valence-corrected chi connectivity index (χ3v) is 3.26. The summed E-state index contributed by atoms with van der Waals surface area (Å²) in [5, 5.41) is 3.38. The van der Waals surface area contributed by atoms with Crippen LogP contribution in [0.4, 0.5) is 5.95 Å². The Morgan fingerprint density at radius 1 is 1.26 bits per heavy atom. The van der Waals surface area contributed by atoms with Gasteiger partial charge >= 0.3 is 0 Å². The van der Waals surface area contributed by atoms with E-state index < -0.39 is 0 Å². The molecule has 110 valence electrons. The second-order valence-electron chi connectivity index (χ2n) is 5.21. The Morgan fingerprint density at radius 2 is 2.00 bits per heavy atom. The van der Waals surface area contributed by atoms with E-state index >= 15 is 0 Å². The minimum absolute atomic E-state index is 0.288. The second-order valence-corrected chi connectivity index (χ2v) is 5.21. The molecule has 4 heteroatoms. The summed E-state index contributed by atoms with van der Waals surface area (Å²) in [5.74, 6) is 0.957. The predicted octanol–water partition coefficient (Wildman–Crippen LogP) is 3.69. The predicted molar refractivity (Wildman–Crippen MR) is 80.6 cm³/mol. The van der Waals surface area contributed by atoms with Gasteiger partial charge in [0, 0.05) is 32.1 Å². The molecule has 0 aliphatic heterocycles. The second kappa shape index (κ2) is 9.84. The quantitative estimate of drug-likeness (QED) is 0.621. The van der Waals surface area contributed by atoms with Crippen molar-refractivity contribution < 1.29 is 4.74 Å². The van der Waals surface area contributed by atoms with Crippen LogP contribution in [0.2, 0.25) is 0 Å². The number of anilines is 1. The number of methoxy groups -OCH3 is 1. The average molecular weight is 267 g/mol. The maximum Gasteiger partial charge on any atom is 0.203 e. The smallest absolute Gasteiger partial charge is 0.203 e. The molecule has 1 aromatic rings. The number of unbranched alkanes of at least 4 members (excludes halogenated alkanes) is 5. The van der Waals surface area contributed by atoms with Crippen LogP contribution in [0.1, 0.15) is 52.4 Å². The molecule has 0 radical (unpaired) electrons. The molecule has 0 amide bonds. The van der Waals surface area contributed by atoms with Crippen LogP contribution in [-0.4, -0.2) is 29.3 Å². The van der Waals surface area contributed by atoms with Crippen molar-refractivity contribution in [3.63, 3.8) is 0 Å². The highest BCUT2D eigenvalue weighted by Gasteiger charge is 2.06. The van der Waals surface area contributed by atoms with Crippen LogP contribution in [0.5, 0.6) is 0 Å². The number of aromatic nitrogens is 2. The van der Waals surface area contributed by atoms with Crippen molar-refractivity contribution in [1.29, 1.82) is 0 Å². The van der Waals surface area contributed by atoms with E-state index in [1.807, 2.05) is 12.4 Å². The van der Waals surface area contributed by atoms with Gasteiger partial charge in [-0.2, -0.15) is 0 Å². The molecule has 1 heterocycles. The summed E-state index contributed by atoms with van der Waals surface area (Å²) in [6.07, 6.45) is 11.9. The highest BCUT2D eigenvalue weighted by atomic mass is 16.5. The van der Waals surface area contributed by atoms with E-state index in [1.54, 1.807) is 7.11 Å². The number of nitrogens with one attached hydrogen (secondary N) is 1. The zero-order valence-corrected chi connectivity index (χ0v) is 12.7. The van der Waals surface area contributed by atoms with Gasteiger partial charge < -0.3 is 14.6 Å². The van der Waals surface area contributed by atoms with Crippen molar-refractivity contribution in [3.05, 3.63) is 12.4 Å². The van der Waals surface area contributed by atoms with E-state index in [4.69, 9.17) is 4.74 Å². The first-order chi connectivity index (χ1) is 9.27. The largest absolute Gasteiger partial charge is 0.383 e. The maximum atomic E-state index is 5.13. The molecule has 0 aliphatic rings. The first-order valence-corrected chi connectivity index (χ1v) is 7.54. The lowest BCUT2D eigenvalue weighted by atomic mass is 10.1. The van der Waals surface area contributed by atoms with Crippen molar-refractivity contribution >= 4 is 5.95 Å². The number of aryl methyl sites for hydroxylation is 1. The van der Waals surface area contributed by atoms with Crippen LogP contribution in [0.3, 0.4) is 0 Å². The topological polar surface area (TPSA) is 39.1 Å². The third kappa shape index (κ3) is 6.62. The number of hydrogen-bond acceptors (Lipinski definition) is 3. The maximum absolute atomic E-state index is 5.13. The van der Waals surface area contributed by atoms with E-state index in [-0.39, 0.29) is 6.04 Å². The molecule has 0 fully saturated rings. The molecule has 1 unspecified atom stereocenters. The molecule has 19 heavy (non-hydrogen) atoms. The van der Waals surface area contributed by atoms with Crippen molar-refractivity contribution in [1.82, 2.24) is 9.55 Å². The van der Waals surface area contributed by atoms with Gasteiger partial charge in [-0.15, -0.1) is 0 Å². The minimum Gasteiger partial charge on any atom is -0.383 e. The van der Waals surface area contributed by atoms with Gasteiger partial charge in [0.05, 0.1) is 6.61 Å². The fraction of sp³-hybridized carbons (Fsp3) is 0.800. The summed E-state index contributed by atoms with van der Waals surface area (Å²) in [4.78, 5) is 4.36. The minimum atomic E-state index is 0.288. The molecule has 0 bridgehead atoms. The summed E-state index contributed by atoms with van der Waals surface area (Å²) < 4.78 is 7.33. The van der Waals surface area contributed by atoms with E-state index in [9.17, 15) is 0 Å². The van der Waals surface area contributed by atoms with Gasteiger partial charge in [-0.1, -0.05) is 39.0 Å². The van der Waals surface area contributed by atoms with Gasteiger partial charge in [0.1, 0.15) is 0 Å². The number of nitrogens with zero attached hydrogens (tertiary/aromatic N) is 2. The Hall–Kier alpha value is -1.03. The molecule has 1 N–H and O–H groups in total. The lowest BCUT2D eigenvalue weighted by molar-refractivity contribution is 0.190. The van der Waals surface area contributed by atoms with E-state index in [2.05, 4.69) is 28.7 Å². The summed E-state index contributed by atoms with van der Waals surface area (Å²) in [5.41, 5.74) is 0. The van der Waals surface area contributed by atoms with Crippen molar-refractivity contribution in [2.75, 3.05) is 19.0 Å². The molecular formula is C15H29N3O. The lowest BCUT2D eigenvalue weighted by Gasteiger charge is -2.15. The standard InChI is InChI=1S/C15H29N3O/c1-4-5-6-7-8-9-11-18-12-10-16-15(18)17-14(2)13-19-3/h10,12,14H,4-9,11,13H2,1-3H3,(H,16,17). The molecule has 1 aromatic heterocycles. The molecule has 0 aliphatic carbocycles. The molecule has 0 spiro atoms. The van der Waals surface area contributed by atoms with Gasteiger partial charge in [-0.25, -0.2) is 4.98 Å². The van der Waals surface area contributed by atoms with E-state index in [0.717, 1.165) is 12.5 Å². The first kappa shape index (κ1) is 16.0. The number of imidazole rings is 1. The van der Waals surface area contributed by atoms with Gasteiger partial charge in [0.15, 0.2) is 0 Å². The Bertz CT molecular complexity index is 325. The van der Waals surface area contributed by atoms with E-state index in [1.165, 1.54) is 38.5 Å². The molecule has 1 rings (SSSR count). The third-order valence-electron chi connectivity index (χ3n) is 3.26. The summed E-state index contributed by atoms with van der Waals surface area (Å²) in [6, 6.07) is 0.288. The normalized spacial score (nSPS) is 12.6. The highest BCUT2D eigenvalue weighted by molar-refractivity contribution is 5.27. The molecule has 0 saturated carbocycles. The number of rotatable bonds is 11. The fourth-order valence-corrected chi connectivity index (χ4v) is 2.20. The molecule has 1 atom stereocenters. The Labute approximate surface area is 117 Å². The van der Waals surface area contributed by atoms with Crippen molar-refractivity contribution in [2.24, 2.45) is 0 Å². The van der Waals surface area contributed by atoms with Crippen LogP contribution in [-0.2, 0) is 11.3 Å². The molecule has 0 aromatic carbocycles. The van der Waals surface area contributed by atoms with Crippen molar-refractivity contribution in [2.45, 2.75) is 65.0 Å². The zero-order chi connectivity index (χ0) is 13.9. The Morgan fingerprint density at radius 3 is 2.74 bits per heavy atom. The SMILES string of the molecule is CCCCCCCCn1ccnc1NC(C)COC. The van der Waals surface area contributed by atoms with Crippen LogP contribution >= 0.6 is 0 Å². The zero-order valence-electron chi connectivity index (χ0n) is 12.7. The van der Waals surface area contributed by atoms with Gasteiger partial charge in [0.2, 0.25) is 5.95 Å². The van der Waals surface area contributed by atoms with Crippen LogP contribution in [0.15, 0.2) is 12.4 Å². The monoisotopic (exact) mass is 267 g/mol. The first-order valence-electron chi connectivity index (χ1n) is 7.54. The van der Waals surface area contributed by atoms with E-state index in [0.29, 0.717) is 6.61 Å². The summed E-state index contributed by atoms with van der Waals surface area (Å²) in [6.45, 7) is 6.11. The van der Waals surface area contributed by atoms with Crippen LogP contribution in [0, 0.1) is 0 Å². The number of ether oxygens (including phenoxy) is 1. The average Bonchev–Trinajstić information content (AvgIpc) is 2.81. The molecule has 4 nitrogen and oxygen atoms in total. The highest BCUT2D eigenvalue weighted by Crippen LogP contribution is 2.10. The van der Waals surface area contributed by atoms with Crippen molar-refractivity contribution in [3.8, 4) is 0 Å². The van der Waals surface area contributed by atoms with Gasteiger partial charge in [0.25, 0.3) is 0 Å². The summed E-state index contributed by atoms with van der Waals surface area (Å²) in [7, 11) is 1.72. The van der Waals surface area contributed by atoms with Crippen LogP contribution in [0.25, 0.3) is 0 Å². The molecular weight excluding hydrogens is 238 g/mol. The lowest BCUT2D eigenvalue weighted by Crippen LogP contribution is -2.23. The van der Waals surface area contributed by atoms with Gasteiger partial charge in [-0.3, -0.25) is 0 Å². The number of hydrogen-bond donors (Lipinski definition) is 1. The fourth-order valence-electron chi connectivity index (χ4n) is 2.20. The van der Waals surface area contributed by atoms with Crippen LogP contribution < -0.4 is 5.32 Å².